The van der Waals surface area contributed by atoms with Crippen LogP contribution in [0.15, 0.2) is 36.5 Å². The quantitative estimate of drug-likeness (QED) is 0.0320. The lowest BCUT2D eigenvalue weighted by Crippen LogP contribution is -2.45. The number of nitrogens with one attached hydrogen (secondary N) is 1. The van der Waals surface area contributed by atoms with E-state index < -0.39 is 12.1 Å². The molecule has 0 aliphatic rings. The fourth-order valence-electron chi connectivity index (χ4n) is 12.6. The molecule has 0 saturated carbocycles. The average molecular weight is 1220 g/mol. The number of rotatable bonds is 75. The number of aliphatic hydroxyl groups excluding tert-OH is 2. The van der Waals surface area contributed by atoms with E-state index in [1.54, 1.807) is 6.08 Å². The second kappa shape index (κ2) is 76.5. The van der Waals surface area contributed by atoms with Crippen LogP contribution in [0.25, 0.3) is 0 Å². The smallest absolute Gasteiger partial charge is 0.305 e. The Balaban J connectivity index is 3.39. The molecule has 0 aliphatic carbocycles. The molecule has 0 saturated heterocycles. The van der Waals surface area contributed by atoms with Crippen LogP contribution in [0, 0.1) is 0 Å². The van der Waals surface area contributed by atoms with Crippen molar-refractivity contribution in [2.45, 2.75) is 456 Å². The molecule has 0 aliphatic heterocycles. The van der Waals surface area contributed by atoms with Crippen molar-refractivity contribution in [3.63, 3.8) is 0 Å². The molecule has 2 unspecified atom stereocenters. The lowest BCUT2D eigenvalue weighted by atomic mass is 10.0. The number of amides is 1. The van der Waals surface area contributed by atoms with E-state index >= 15 is 0 Å². The van der Waals surface area contributed by atoms with E-state index in [0.29, 0.717) is 19.4 Å². The van der Waals surface area contributed by atoms with Gasteiger partial charge in [-0.05, 0) is 64.2 Å². The van der Waals surface area contributed by atoms with E-state index in [-0.39, 0.29) is 18.5 Å². The maximum absolute atomic E-state index is 12.5. The molecule has 6 nitrogen and oxygen atoms in total. The molecule has 87 heavy (non-hydrogen) atoms. The van der Waals surface area contributed by atoms with Crippen LogP contribution in [0.4, 0.5) is 0 Å². The van der Waals surface area contributed by atoms with Gasteiger partial charge < -0.3 is 20.3 Å². The Morgan fingerprint density at radius 3 is 0.874 bits per heavy atom. The molecule has 2 atom stereocenters. The summed E-state index contributed by atoms with van der Waals surface area (Å²) < 4.78 is 5.50. The molecule has 6 heteroatoms. The highest BCUT2D eigenvalue weighted by Crippen LogP contribution is 2.20. The van der Waals surface area contributed by atoms with Gasteiger partial charge in [0.05, 0.1) is 25.4 Å². The Bertz CT molecular complexity index is 1410. The molecule has 0 radical (unpaired) electrons. The minimum absolute atomic E-state index is 0.0182. The summed E-state index contributed by atoms with van der Waals surface area (Å²) in [5.41, 5.74) is 0. The zero-order valence-corrected chi connectivity index (χ0v) is 59.0. The largest absolute Gasteiger partial charge is 0.466 e. The topological polar surface area (TPSA) is 95.9 Å². The van der Waals surface area contributed by atoms with Crippen LogP contribution in [-0.4, -0.2) is 47.4 Å². The van der Waals surface area contributed by atoms with Crippen molar-refractivity contribution in [2.24, 2.45) is 0 Å². The number of carbonyl (C=O) groups is 2. The van der Waals surface area contributed by atoms with E-state index in [4.69, 9.17) is 4.74 Å². The predicted octanol–water partition coefficient (Wildman–Crippen LogP) is 26.2. The van der Waals surface area contributed by atoms with Crippen molar-refractivity contribution in [1.82, 2.24) is 5.32 Å². The number of carbonyl (C=O) groups excluding carboxylic acids is 2. The minimum atomic E-state index is -0.845. The van der Waals surface area contributed by atoms with Crippen LogP contribution < -0.4 is 5.32 Å². The van der Waals surface area contributed by atoms with Crippen LogP contribution in [0.5, 0.6) is 0 Å². The van der Waals surface area contributed by atoms with Gasteiger partial charge in [-0.1, -0.05) is 403 Å². The Morgan fingerprint density at radius 2 is 0.575 bits per heavy atom. The molecule has 0 bridgehead atoms. The first-order chi connectivity index (χ1) is 43.0. The highest BCUT2D eigenvalue weighted by Gasteiger charge is 2.18. The SMILES string of the molecule is CCCCCCCCCCCCCCCCCCCCC/C=C/C(O)C(CO)NC(=O)CCCCCCCCCCCCCCCCCCC/C=C\C/C=C\CCCCCCCCCCCOC(=O)CCCCCCCCCCCCCCCCCC. The van der Waals surface area contributed by atoms with E-state index in [1.165, 1.54) is 372 Å². The van der Waals surface area contributed by atoms with E-state index in [2.05, 4.69) is 43.5 Å². The van der Waals surface area contributed by atoms with Gasteiger partial charge in [-0.2, -0.15) is 0 Å². The summed E-state index contributed by atoms with van der Waals surface area (Å²) in [6.07, 6.45) is 99.8. The summed E-state index contributed by atoms with van der Waals surface area (Å²) in [6.45, 7) is 4.95. The Morgan fingerprint density at radius 1 is 0.322 bits per heavy atom. The summed E-state index contributed by atoms with van der Waals surface area (Å²) in [5, 5.41) is 23.3. The first-order valence-corrected chi connectivity index (χ1v) is 39.8. The molecule has 0 rings (SSSR count). The molecule has 0 aromatic rings. The van der Waals surface area contributed by atoms with E-state index in [0.717, 1.165) is 44.9 Å². The van der Waals surface area contributed by atoms with Crippen LogP contribution >= 0.6 is 0 Å². The lowest BCUT2D eigenvalue weighted by Gasteiger charge is -2.20. The van der Waals surface area contributed by atoms with Crippen molar-refractivity contribution in [2.75, 3.05) is 13.2 Å². The van der Waals surface area contributed by atoms with Gasteiger partial charge in [-0.25, -0.2) is 0 Å². The zero-order valence-electron chi connectivity index (χ0n) is 59.0. The molecule has 1 amide bonds. The molecule has 514 valence electrons. The number of aliphatic hydroxyl groups is 2. The van der Waals surface area contributed by atoms with Gasteiger partial charge in [0.1, 0.15) is 0 Å². The molecule has 0 aromatic carbocycles. The van der Waals surface area contributed by atoms with Crippen LogP contribution in [0.3, 0.4) is 0 Å². The number of allylic oxidation sites excluding steroid dienone is 5. The highest BCUT2D eigenvalue weighted by atomic mass is 16.5. The summed E-state index contributed by atoms with van der Waals surface area (Å²) in [5.74, 6) is -0.0435. The summed E-state index contributed by atoms with van der Waals surface area (Å²) in [4.78, 5) is 24.6. The van der Waals surface area contributed by atoms with Gasteiger partial charge in [0.2, 0.25) is 5.91 Å². The van der Waals surface area contributed by atoms with Gasteiger partial charge in [-0.15, -0.1) is 0 Å². The number of ether oxygens (including phenoxy) is 1. The maximum Gasteiger partial charge on any atom is 0.305 e. The number of hydrogen-bond acceptors (Lipinski definition) is 5. The zero-order chi connectivity index (χ0) is 62.8. The standard InChI is InChI=1S/C81H155NO5/c1-3-5-7-9-11-13-15-17-19-21-22-36-39-42-45-49-53-57-61-65-69-73-79(84)78(77-83)82-80(85)74-70-66-62-58-54-50-46-43-40-37-34-32-30-28-26-24-23-25-27-29-31-33-35-38-41-44-48-52-56-60-64-68-72-76-87-81(86)75-71-67-63-59-55-51-47-20-18-16-14-12-10-8-6-4-2/h27,29,33,35,69,73,78-79,83-84H,3-26,28,30-32,34,36-68,70-72,74-77H2,1-2H3,(H,82,85)/b29-27-,35-33-,73-69+. The number of unbranched alkanes of at least 4 members (excludes halogenated alkanes) is 60. The molecule has 0 fully saturated rings. The van der Waals surface area contributed by atoms with E-state index in [1.807, 2.05) is 6.08 Å². The third-order valence-electron chi connectivity index (χ3n) is 18.7. The normalized spacial score (nSPS) is 12.6. The third-order valence-corrected chi connectivity index (χ3v) is 18.7. The molecule has 0 aromatic heterocycles. The van der Waals surface area contributed by atoms with Crippen molar-refractivity contribution < 1.29 is 24.5 Å². The van der Waals surface area contributed by atoms with Crippen molar-refractivity contribution in [1.29, 1.82) is 0 Å². The van der Waals surface area contributed by atoms with Gasteiger partial charge in [0.25, 0.3) is 0 Å². The second-order valence-corrected chi connectivity index (χ2v) is 27.4. The Hall–Kier alpha value is -1.92. The average Bonchev–Trinajstić information content (AvgIpc) is 3.56. The van der Waals surface area contributed by atoms with Crippen LogP contribution in [0.2, 0.25) is 0 Å². The molecule has 0 heterocycles. The van der Waals surface area contributed by atoms with E-state index in [9.17, 15) is 19.8 Å². The maximum atomic E-state index is 12.5. The van der Waals surface area contributed by atoms with Gasteiger partial charge in [-0.3, -0.25) is 9.59 Å². The van der Waals surface area contributed by atoms with Gasteiger partial charge in [0, 0.05) is 12.8 Å². The van der Waals surface area contributed by atoms with Crippen molar-refractivity contribution >= 4 is 11.9 Å². The third kappa shape index (κ3) is 73.0. The van der Waals surface area contributed by atoms with Gasteiger partial charge in [0.15, 0.2) is 0 Å². The molecule has 0 spiro atoms. The molecular formula is C81H155NO5. The monoisotopic (exact) mass is 1220 g/mol. The predicted molar refractivity (Wildman–Crippen MR) is 384 cm³/mol. The molecule has 3 N–H and O–H groups in total. The minimum Gasteiger partial charge on any atom is -0.466 e. The summed E-state index contributed by atoms with van der Waals surface area (Å²) >= 11 is 0. The fourth-order valence-corrected chi connectivity index (χ4v) is 12.6. The highest BCUT2D eigenvalue weighted by molar-refractivity contribution is 5.76. The number of hydrogen-bond donors (Lipinski definition) is 3. The second-order valence-electron chi connectivity index (χ2n) is 27.4. The van der Waals surface area contributed by atoms with Crippen molar-refractivity contribution in [3.05, 3.63) is 36.5 Å². The van der Waals surface area contributed by atoms with Crippen LogP contribution in [-0.2, 0) is 14.3 Å². The van der Waals surface area contributed by atoms with Gasteiger partial charge >= 0.3 is 5.97 Å². The Kier molecular flexibility index (Phi) is 74.8. The Labute approximate surface area is 544 Å². The molecular weight excluding hydrogens is 1070 g/mol. The number of esters is 1. The van der Waals surface area contributed by atoms with Crippen LogP contribution in [0.1, 0.15) is 444 Å². The lowest BCUT2D eigenvalue weighted by molar-refractivity contribution is -0.143. The fraction of sp³-hybridized carbons (Fsp3) is 0.901. The first-order valence-electron chi connectivity index (χ1n) is 39.8. The summed E-state index contributed by atoms with van der Waals surface area (Å²) in [7, 11) is 0. The van der Waals surface area contributed by atoms with Crippen molar-refractivity contribution in [3.8, 4) is 0 Å². The first kappa shape index (κ1) is 85.1. The summed E-state index contributed by atoms with van der Waals surface area (Å²) in [6, 6.07) is -0.628.